The number of benzene rings is 3. The lowest BCUT2D eigenvalue weighted by Crippen LogP contribution is -2.33. The molecule has 0 bridgehead atoms. The Morgan fingerprint density at radius 2 is 1.67 bits per heavy atom. The van der Waals surface area contributed by atoms with Gasteiger partial charge in [-0.05, 0) is 72.9 Å². The summed E-state index contributed by atoms with van der Waals surface area (Å²) in [6.07, 6.45) is 0. The van der Waals surface area contributed by atoms with E-state index in [1.54, 1.807) is 11.8 Å². The van der Waals surface area contributed by atoms with E-state index in [0.29, 0.717) is 13.2 Å². The number of fused-ring (bicyclic) bond motifs is 1. The van der Waals surface area contributed by atoms with Gasteiger partial charge in [-0.3, -0.25) is 4.79 Å². The number of hydrogen-bond donors (Lipinski definition) is 0. The van der Waals surface area contributed by atoms with Crippen LogP contribution in [0, 0.1) is 12.3 Å². The molecule has 7 nitrogen and oxygen atoms in total. The Morgan fingerprint density at radius 1 is 0.972 bits per heavy atom. The molecule has 0 saturated carbocycles. The van der Waals surface area contributed by atoms with Crippen LogP contribution in [-0.2, 0) is 34.5 Å². The summed E-state index contributed by atoms with van der Waals surface area (Å²) in [5, 5.41) is 8.41. The molecule has 4 aromatic rings. The number of ether oxygens (including phenoxy) is 3. The summed E-state index contributed by atoms with van der Waals surface area (Å²) in [4.78, 5) is 12.9. The molecular weight excluding hydrogens is 454 g/mol. The van der Waals surface area contributed by atoms with Gasteiger partial charge in [0, 0.05) is 13.0 Å². The number of esters is 1. The third kappa shape index (κ3) is 5.11. The largest absolute Gasteiger partial charge is 0.497 e. The third-order valence-corrected chi connectivity index (χ3v) is 6.79. The first-order chi connectivity index (χ1) is 17.2. The molecule has 1 atom stereocenters. The van der Waals surface area contributed by atoms with Gasteiger partial charge in [-0.25, -0.2) is 4.68 Å². The lowest BCUT2D eigenvalue weighted by atomic mass is 9.70. The molecule has 3 aromatic carbocycles. The SMILES string of the molecule is COC(=O)C(C)(C)C(c1ccc(C)c(COCc2ccc(OC)cc2)c1)c1ccc2c(c1)nnn2C. The van der Waals surface area contributed by atoms with Crippen LogP contribution < -0.4 is 4.74 Å². The second kappa shape index (κ2) is 10.5. The Hall–Kier alpha value is -3.71. The van der Waals surface area contributed by atoms with E-state index in [9.17, 15) is 4.79 Å². The summed E-state index contributed by atoms with van der Waals surface area (Å²) >= 11 is 0. The monoisotopic (exact) mass is 487 g/mol. The van der Waals surface area contributed by atoms with Crippen LogP contribution >= 0.6 is 0 Å². The summed E-state index contributed by atoms with van der Waals surface area (Å²) in [5.74, 6) is 0.295. The molecule has 188 valence electrons. The van der Waals surface area contributed by atoms with Crippen LogP contribution in [0.3, 0.4) is 0 Å². The van der Waals surface area contributed by atoms with Crippen molar-refractivity contribution in [2.75, 3.05) is 14.2 Å². The number of aryl methyl sites for hydroxylation is 2. The minimum atomic E-state index is -0.818. The fourth-order valence-corrected chi connectivity index (χ4v) is 4.67. The van der Waals surface area contributed by atoms with Crippen LogP contribution in [-0.4, -0.2) is 35.2 Å². The number of carbonyl (C=O) groups is 1. The van der Waals surface area contributed by atoms with Crippen molar-refractivity contribution in [2.45, 2.75) is 39.9 Å². The lowest BCUT2D eigenvalue weighted by Gasteiger charge is -2.33. The molecule has 0 spiro atoms. The van der Waals surface area contributed by atoms with Crippen molar-refractivity contribution in [3.63, 3.8) is 0 Å². The molecule has 0 aliphatic carbocycles. The van der Waals surface area contributed by atoms with Crippen molar-refractivity contribution >= 4 is 17.0 Å². The van der Waals surface area contributed by atoms with Crippen LogP contribution in [0.15, 0.2) is 60.7 Å². The topological polar surface area (TPSA) is 75.5 Å². The fraction of sp³-hybridized carbons (Fsp3) is 0.345. The summed E-state index contributed by atoms with van der Waals surface area (Å²) in [5.41, 5.74) is 6.18. The van der Waals surface area contributed by atoms with Crippen molar-refractivity contribution < 1.29 is 19.0 Å². The second-order valence-electron chi connectivity index (χ2n) is 9.63. The summed E-state index contributed by atoms with van der Waals surface area (Å²) in [7, 11) is 4.95. The minimum Gasteiger partial charge on any atom is -0.497 e. The number of rotatable bonds is 9. The molecule has 36 heavy (non-hydrogen) atoms. The van der Waals surface area contributed by atoms with Crippen molar-refractivity contribution in [1.82, 2.24) is 15.0 Å². The van der Waals surface area contributed by atoms with Gasteiger partial charge in [0.1, 0.15) is 11.3 Å². The molecule has 0 saturated heterocycles. The average Bonchev–Trinajstić information content (AvgIpc) is 3.25. The summed E-state index contributed by atoms with van der Waals surface area (Å²) in [6.45, 7) is 6.87. The lowest BCUT2D eigenvalue weighted by molar-refractivity contribution is -0.151. The highest BCUT2D eigenvalue weighted by Crippen LogP contribution is 2.43. The van der Waals surface area contributed by atoms with Gasteiger partial charge in [-0.15, -0.1) is 5.10 Å². The first-order valence-corrected chi connectivity index (χ1v) is 11.9. The first kappa shape index (κ1) is 25.4. The maximum absolute atomic E-state index is 12.9. The third-order valence-electron chi connectivity index (χ3n) is 6.79. The van der Waals surface area contributed by atoms with Gasteiger partial charge in [0.15, 0.2) is 0 Å². The molecular formula is C29H33N3O4. The van der Waals surface area contributed by atoms with Crippen molar-refractivity contribution in [3.8, 4) is 5.75 Å². The number of carbonyl (C=O) groups excluding carboxylic acids is 1. The van der Waals surface area contributed by atoms with E-state index < -0.39 is 5.41 Å². The van der Waals surface area contributed by atoms with E-state index in [2.05, 4.69) is 35.4 Å². The molecule has 7 heteroatoms. The van der Waals surface area contributed by atoms with Gasteiger partial charge >= 0.3 is 5.97 Å². The van der Waals surface area contributed by atoms with Crippen molar-refractivity contribution in [1.29, 1.82) is 0 Å². The molecule has 4 rings (SSSR count). The van der Waals surface area contributed by atoms with Crippen LogP contribution in [0.4, 0.5) is 0 Å². The number of nitrogens with zero attached hydrogens (tertiary/aromatic N) is 3. The van der Waals surface area contributed by atoms with Crippen molar-refractivity contribution in [2.24, 2.45) is 12.5 Å². The van der Waals surface area contributed by atoms with Gasteiger partial charge in [0.2, 0.25) is 0 Å². The quantitative estimate of drug-likeness (QED) is 0.297. The number of hydrogen-bond acceptors (Lipinski definition) is 6. The van der Waals surface area contributed by atoms with Gasteiger partial charge in [0.05, 0.1) is 38.4 Å². The Bertz CT molecular complexity index is 1360. The van der Waals surface area contributed by atoms with E-state index in [1.807, 2.05) is 63.4 Å². The van der Waals surface area contributed by atoms with Gasteiger partial charge in [0.25, 0.3) is 0 Å². The van der Waals surface area contributed by atoms with E-state index in [-0.39, 0.29) is 11.9 Å². The predicted octanol–water partition coefficient (Wildman–Crippen LogP) is 5.33. The maximum atomic E-state index is 12.9. The minimum absolute atomic E-state index is 0.253. The van der Waals surface area contributed by atoms with E-state index in [1.165, 1.54) is 7.11 Å². The molecule has 1 aromatic heterocycles. The molecule has 0 radical (unpaired) electrons. The summed E-state index contributed by atoms with van der Waals surface area (Å²) < 4.78 is 18.2. The molecule has 1 heterocycles. The highest BCUT2D eigenvalue weighted by atomic mass is 16.5. The summed E-state index contributed by atoms with van der Waals surface area (Å²) in [6, 6.07) is 20.2. The first-order valence-electron chi connectivity index (χ1n) is 11.9. The predicted molar refractivity (Wildman–Crippen MR) is 139 cm³/mol. The molecule has 1 unspecified atom stereocenters. The van der Waals surface area contributed by atoms with Crippen LogP contribution in [0.5, 0.6) is 5.75 Å². The van der Waals surface area contributed by atoms with Gasteiger partial charge in [-0.1, -0.05) is 41.6 Å². The Labute approximate surface area is 212 Å². The molecule has 0 aliphatic heterocycles. The van der Waals surface area contributed by atoms with Gasteiger partial charge < -0.3 is 14.2 Å². The van der Waals surface area contributed by atoms with Crippen LogP contribution in [0.25, 0.3) is 11.0 Å². The normalized spacial score (nSPS) is 12.5. The zero-order chi connectivity index (χ0) is 25.9. The fourth-order valence-electron chi connectivity index (χ4n) is 4.67. The Morgan fingerprint density at radius 3 is 2.36 bits per heavy atom. The highest BCUT2D eigenvalue weighted by molar-refractivity contribution is 5.80. The zero-order valence-electron chi connectivity index (χ0n) is 21.7. The molecule has 0 fully saturated rings. The number of aromatic nitrogens is 3. The average molecular weight is 488 g/mol. The Balaban J connectivity index is 1.65. The second-order valence-corrected chi connectivity index (χ2v) is 9.63. The Kier molecular flexibility index (Phi) is 7.40. The zero-order valence-corrected chi connectivity index (χ0v) is 21.7. The standard InChI is InChI=1S/C29H33N3O4/c1-19-7-10-21(15-23(19)18-36-17-20-8-12-24(34-5)13-9-20)27(29(2,3)28(33)35-6)22-11-14-26-25(16-22)30-31-32(26)4/h7-16,27H,17-18H2,1-6H3. The maximum Gasteiger partial charge on any atom is 0.312 e. The van der Waals surface area contributed by atoms with Gasteiger partial charge in [-0.2, -0.15) is 0 Å². The highest BCUT2D eigenvalue weighted by Gasteiger charge is 2.40. The van der Waals surface area contributed by atoms with Crippen LogP contribution in [0.2, 0.25) is 0 Å². The van der Waals surface area contributed by atoms with E-state index in [0.717, 1.165) is 44.6 Å². The van der Waals surface area contributed by atoms with E-state index >= 15 is 0 Å². The molecule has 0 aliphatic rings. The molecule has 0 N–H and O–H groups in total. The number of methoxy groups -OCH3 is 2. The smallest absolute Gasteiger partial charge is 0.312 e. The van der Waals surface area contributed by atoms with E-state index in [4.69, 9.17) is 14.2 Å². The molecule has 0 amide bonds. The van der Waals surface area contributed by atoms with Crippen molar-refractivity contribution in [3.05, 3.63) is 88.5 Å². The van der Waals surface area contributed by atoms with Crippen LogP contribution in [0.1, 0.15) is 47.6 Å².